The molecule has 8 nitrogen and oxygen atoms in total. The smallest absolute Gasteiger partial charge is 0.248 e. The number of benzene rings is 1. The molecule has 11 heteroatoms. The average molecular weight is 496 g/mol. The summed E-state index contributed by atoms with van der Waals surface area (Å²) in [4.78, 5) is 24.4. The van der Waals surface area contributed by atoms with Crippen LogP contribution in [0.5, 0.6) is 0 Å². The van der Waals surface area contributed by atoms with Crippen molar-refractivity contribution in [2.45, 2.75) is 38.0 Å². The molecule has 0 unspecified atom stereocenters. The number of carbonyl (C=O) groups excluding carboxylic acids is 1. The number of aryl methyl sites for hydroxylation is 2. The number of hydrogen-bond donors (Lipinski definition) is 1. The van der Waals surface area contributed by atoms with Crippen LogP contribution in [-0.2, 0) is 11.8 Å². The van der Waals surface area contributed by atoms with Gasteiger partial charge in [0.05, 0.1) is 23.5 Å². The molecule has 1 saturated carbocycles. The van der Waals surface area contributed by atoms with Gasteiger partial charge < -0.3 is 5.32 Å². The van der Waals surface area contributed by atoms with Crippen LogP contribution >= 0.6 is 11.3 Å². The van der Waals surface area contributed by atoms with Crippen molar-refractivity contribution in [1.29, 1.82) is 0 Å². The van der Waals surface area contributed by atoms with Crippen LogP contribution in [0.3, 0.4) is 0 Å². The number of thiazole rings is 1. The van der Waals surface area contributed by atoms with Crippen molar-refractivity contribution in [2.24, 2.45) is 13.0 Å². The molecule has 0 radical (unpaired) electrons. The third-order valence-corrected chi connectivity index (χ3v) is 7.30. The van der Waals surface area contributed by atoms with E-state index in [2.05, 4.69) is 30.7 Å². The summed E-state index contributed by atoms with van der Waals surface area (Å²) in [6, 6.07) is 10.9. The number of carbonyl (C=O) groups is 1. The molecular weight excluding hydrogens is 472 g/mol. The number of hydrogen-bond acceptors (Lipinski definition) is 7. The first kappa shape index (κ1) is 23.2. The van der Waals surface area contributed by atoms with Crippen LogP contribution in [0.25, 0.3) is 21.8 Å². The maximum Gasteiger partial charge on any atom is 0.248 e. The summed E-state index contributed by atoms with van der Waals surface area (Å²) in [6.07, 6.45) is 3.16. The number of rotatable bonds is 6. The fraction of sp³-hybridized carbons (Fsp3) is 0.333. The number of nitrogens with zero attached hydrogens (tertiary/aromatic N) is 6. The van der Waals surface area contributed by atoms with E-state index in [-0.39, 0.29) is 25.2 Å². The Morgan fingerprint density at radius 3 is 2.66 bits per heavy atom. The molecule has 35 heavy (non-hydrogen) atoms. The van der Waals surface area contributed by atoms with Crippen LogP contribution in [0, 0.1) is 12.8 Å². The highest BCUT2D eigenvalue weighted by Gasteiger charge is 2.45. The summed E-state index contributed by atoms with van der Waals surface area (Å²) < 4.78 is 28.2. The van der Waals surface area contributed by atoms with Gasteiger partial charge in [-0.1, -0.05) is 41.7 Å². The van der Waals surface area contributed by atoms with Crippen LogP contribution in [0.2, 0.25) is 0 Å². The average Bonchev–Trinajstić information content (AvgIpc) is 3.53. The standard InChI is InChI=1S/C24H23F2N7OS/c1-14-20(18-4-3-11-27-13-18)35-23(28-14)29-22(34)19(17-9-10-24(25,26)12-17)15-5-7-16(8-6-15)21-30-32-33(2)31-21/h3-8,11,13,17,19H,9-10,12H2,1-2H3,(H,28,29,34)/t17-,19+/m0/s1. The topological polar surface area (TPSA) is 98.5 Å². The molecule has 0 bridgehead atoms. The monoisotopic (exact) mass is 495 g/mol. The molecule has 5 rings (SSSR count). The number of tetrazole rings is 1. The molecule has 0 saturated heterocycles. The number of aromatic nitrogens is 6. The molecule has 1 amide bonds. The van der Waals surface area contributed by atoms with Crippen molar-refractivity contribution < 1.29 is 13.6 Å². The summed E-state index contributed by atoms with van der Waals surface area (Å²) in [5.41, 5.74) is 3.07. The van der Waals surface area contributed by atoms with Gasteiger partial charge in [0.2, 0.25) is 17.7 Å². The van der Waals surface area contributed by atoms with Crippen LogP contribution in [-0.4, -0.2) is 42.0 Å². The van der Waals surface area contributed by atoms with Gasteiger partial charge in [-0.15, -0.1) is 10.2 Å². The molecule has 0 spiro atoms. The van der Waals surface area contributed by atoms with Gasteiger partial charge in [0.25, 0.3) is 0 Å². The highest BCUT2D eigenvalue weighted by molar-refractivity contribution is 7.19. The second-order valence-corrected chi connectivity index (χ2v) is 9.72. The van der Waals surface area contributed by atoms with E-state index < -0.39 is 17.8 Å². The summed E-state index contributed by atoms with van der Waals surface area (Å²) in [5, 5.41) is 15.3. The van der Waals surface area contributed by atoms with Gasteiger partial charge >= 0.3 is 0 Å². The van der Waals surface area contributed by atoms with Crippen molar-refractivity contribution in [3.8, 4) is 21.8 Å². The maximum absolute atomic E-state index is 14.1. The Hall–Kier alpha value is -3.60. The van der Waals surface area contributed by atoms with Crippen molar-refractivity contribution in [1.82, 2.24) is 30.2 Å². The first-order chi connectivity index (χ1) is 16.8. The lowest BCUT2D eigenvalue weighted by Crippen LogP contribution is -2.27. The molecule has 0 aliphatic heterocycles. The number of anilines is 1. The van der Waals surface area contributed by atoms with Gasteiger partial charge in [0, 0.05) is 36.4 Å². The molecule has 3 heterocycles. The minimum Gasteiger partial charge on any atom is -0.301 e. The lowest BCUT2D eigenvalue weighted by atomic mass is 9.83. The minimum atomic E-state index is -2.77. The summed E-state index contributed by atoms with van der Waals surface area (Å²) in [5.74, 6) is -3.88. The summed E-state index contributed by atoms with van der Waals surface area (Å²) >= 11 is 1.34. The second-order valence-electron chi connectivity index (χ2n) is 8.73. The van der Waals surface area contributed by atoms with E-state index in [0.29, 0.717) is 16.5 Å². The van der Waals surface area contributed by atoms with Gasteiger partial charge in [-0.2, -0.15) is 4.80 Å². The summed E-state index contributed by atoms with van der Waals surface area (Å²) in [7, 11) is 1.67. The Balaban J connectivity index is 1.42. The molecule has 1 aliphatic carbocycles. The molecule has 1 aromatic carbocycles. The minimum absolute atomic E-state index is 0.218. The van der Waals surface area contributed by atoms with E-state index in [1.807, 2.05) is 19.1 Å². The van der Waals surface area contributed by atoms with Crippen LogP contribution < -0.4 is 5.32 Å². The Kier molecular flexibility index (Phi) is 6.10. The molecule has 1 fully saturated rings. The van der Waals surface area contributed by atoms with Gasteiger partial charge in [-0.25, -0.2) is 13.8 Å². The second kappa shape index (κ2) is 9.21. The molecular formula is C24H23F2N7OS. The number of alkyl halides is 2. The Morgan fingerprint density at radius 1 is 1.23 bits per heavy atom. The number of amides is 1. The van der Waals surface area contributed by atoms with Gasteiger partial charge in [-0.05, 0) is 36.1 Å². The quantitative estimate of drug-likeness (QED) is 0.410. The van der Waals surface area contributed by atoms with E-state index in [1.165, 1.54) is 16.1 Å². The van der Waals surface area contributed by atoms with E-state index in [1.54, 1.807) is 43.7 Å². The zero-order valence-electron chi connectivity index (χ0n) is 19.2. The van der Waals surface area contributed by atoms with Crippen LogP contribution in [0.4, 0.5) is 13.9 Å². The largest absolute Gasteiger partial charge is 0.301 e. The molecule has 2 atom stereocenters. The predicted molar refractivity (Wildman–Crippen MR) is 128 cm³/mol. The highest BCUT2D eigenvalue weighted by Crippen LogP contribution is 2.46. The lowest BCUT2D eigenvalue weighted by Gasteiger charge is -2.23. The summed E-state index contributed by atoms with van der Waals surface area (Å²) in [6.45, 7) is 1.86. The van der Waals surface area contributed by atoms with E-state index >= 15 is 0 Å². The third-order valence-electron chi connectivity index (χ3n) is 6.18. The van der Waals surface area contributed by atoms with Crippen molar-refractivity contribution in [3.63, 3.8) is 0 Å². The zero-order chi connectivity index (χ0) is 24.6. The molecule has 180 valence electrons. The zero-order valence-corrected chi connectivity index (χ0v) is 20.0. The predicted octanol–water partition coefficient (Wildman–Crippen LogP) is 4.86. The number of nitrogens with one attached hydrogen (secondary N) is 1. The van der Waals surface area contributed by atoms with Gasteiger partial charge in [0.15, 0.2) is 5.13 Å². The molecule has 3 aromatic heterocycles. The fourth-order valence-electron chi connectivity index (χ4n) is 4.54. The Morgan fingerprint density at radius 2 is 2.03 bits per heavy atom. The number of pyridine rings is 1. The van der Waals surface area contributed by atoms with Crippen LogP contribution in [0.1, 0.15) is 36.4 Å². The Labute approximate surface area is 204 Å². The normalized spacial score (nSPS) is 17.9. The van der Waals surface area contributed by atoms with Crippen molar-refractivity contribution in [2.75, 3.05) is 5.32 Å². The highest BCUT2D eigenvalue weighted by atomic mass is 32.1. The first-order valence-corrected chi connectivity index (χ1v) is 12.0. The van der Waals surface area contributed by atoms with Crippen molar-refractivity contribution in [3.05, 3.63) is 60.0 Å². The SMILES string of the molecule is Cc1nc(NC(=O)[C@H](c2ccc(-c3nnn(C)n3)cc2)[C@H]2CCC(F)(F)C2)sc1-c1cccnc1. The van der Waals surface area contributed by atoms with E-state index in [4.69, 9.17) is 0 Å². The molecule has 4 aromatic rings. The number of halogens is 2. The van der Waals surface area contributed by atoms with Crippen molar-refractivity contribution >= 4 is 22.4 Å². The van der Waals surface area contributed by atoms with E-state index in [9.17, 15) is 13.6 Å². The molecule has 1 aliphatic rings. The lowest BCUT2D eigenvalue weighted by molar-refractivity contribution is -0.118. The van der Waals surface area contributed by atoms with Gasteiger partial charge in [0.1, 0.15) is 0 Å². The van der Waals surface area contributed by atoms with Crippen LogP contribution in [0.15, 0.2) is 48.8 Å². The maximum atomic E-state index is 14.1. The molecule has 1 N–H and O–H groups in total. The fourth-order valence-corrected chi connectivity index (χ4v) is 5.50. The van der Waals surface area contributed by atoms with Gasteiger partial charge in [-0.3, -0.25) is 9.78 Å². The Bertz CT molecular complexity index is 1340. The third kappa shape index (κ3) is 4.95. The van der Waals surface area contributed by atoms with E-state index in [0.717, 1.165) is 21.7 Å². The first-order valence-electron chi connectivity index (χ1n) is 11.2.